The van der Waals surface area contributed by atoms with Crippen molar-refractivity contribution in [2.75, 3.05) is 5.73 Å². The Labute approximate surface area is 73.7 Å². The number of aromatic nitrogens is 3. The first-order chi connectivity index (χ1) is 6.29. The van der Waals surface area contributed by atoms with Crippen LogP contribution in [0.25, 0.3) is 10.4 Å². The number of nitrogens with two attached hydrogens (primary N) is 1. The van der Waals surface area contributed by atoms with Gasteiger partial charge in [0, 0.05) is 10.8 Å². The van der Waals surface area contributed by atoms with Gasteiger partial charge in [0.25, 0.3) is 0 Å². The van der Waals surface area contributed by atoms with E-state index in [1.165, 1.54) is 0 Å². The summed E-state index contributed by atoms with van der Waals surface area (Å²) in [4.78, 5) is 14.2. The largest absolute Gasteiger partial charge is 0.368 e. The van der Waals surface area contributed by atoms with Crippen LogP contribution in [-0.2, 0) is 0 Å². The van der Waals surface area contributed by atoms with E-state index in [4.69, 9.17) is 11.3 Å². The highest BCUT2D eigenvalue weighted by molar-refractivity contribution is 5.27. The molecule has 1 aromatic rings. The molecule has 0 bridgehead atoms. The van der Waals surface area contributed by atoms with Gasteiger partial charge in [0.1, 0.15) is 5.82 Å². The van der Waals surface area contributed by atoms with E-state index < -0.39 is 0 Å². The fourth-order valence-electron chi connectivity index (χ4n) is 1.01. The molecule has 1 aliphatic carbocycles. The lowest BCUT2D eigenvalue weighted by molar-refractivity contribution is 0.893. The van der Waals surface area contributed by atoms with Crippen LogP contribution < -0.4 is 5.73 Å². The molecule has 2 rings (SSSR count). The number of rotatable bonds is 2. The van der Waals surface area contributed by atoms with Gasteiger partial charge in [-0.1, -0.05) is 0 Å². The molecule has 0 spiro atoms. The van der Waals surface area contributed by atoms with E-state index in [1.54, 1.807) is 0 Å². The van der Waals surface area contributed by atoms with Crippen molar-refractivity contribution in [3.8, 4) is 0 Å². The number of azide groups is 1. The summed E-state index contributed by atoms with van der Waals surface area (Å²) < 4.78 is 0. The predicted molar refractivity (Wildman–Crippen MR) is 45.0 cm³/mol. The number of anilines is 1. The Morgan fingerprint density at radius 2 is 2.15 bits per heavy atom. The van der Waals surface area contributed by atoms with Crippen LogP contribution in [0.15, 0.2) is 5.11 Å². The van der Waals surface area contributed by atoms with Crippen LogP contribution in [0.3, 0.4) is 0 Å². The van der Waals surface area contributed by atoms with Crippen molar-refractivity contribution in [3.05, 3.63) is 16.3 Å². The molecule has 1 aromatic heterocycles. The SMILES string of the molecule is [N-]=[N+]=Nc1nc(N)nc(C2CC2)n1. The molecule has 0 radical (unpaired) electrons. The molecule has 0 aliphatic heterocycles. The van der Waals surface area contributed by atoms with Gasteiger partial charge in [-0.25, -0.2) is 4.98 Å². The van der Waals surface area contributed by atoms with Crippen molar-refractivity contribution < 1.29 is 0 Å². The van der Waals surface area contributed by atoms with Crippen molar-refractivity contribution in [1.82, 2.24) is 15.0 Å². The third-order valence-electron chi connectivity index (χ3n) is 1.73. The van der Waals surface area contributed by atoms with Gasteiger partial charge < -0.3 is 5.73 Å². The van der Waals surface area contributed by atoms with Crippen molar-refractivity contribution in [2.24, 2.45) is 5.11 Å². The molecule has 2 N–H and O–H groups in total. The van der Waals surface area contributed by atoms with Crippen LogP contribution in [0, 0.1) is 0 Å². The second-order valence-electron chi connectivity index (χ2n) is 2.82. The van der Waals surface area contributed by atoms with E-state index >= 15 is 0 Å². The van der Waals surface area contributed by atoms with Crippen molar-refractivity contribution in [1.29, 1.82) is 0 Å². The molecule has 0 aromatic carbocycles. The number of hydrogen-bond donors (Lipinski definition) is 1. The lowest BCUT2D eigenvalue weighted by Gasteiger charge is -1.98. The van der Waals surface area contributed by atoms with E-state index in [1.807, 2.05) is 0 Å². The quantitative estimate of drug-likeness (QED) is 0.416. The van der Waals surface area contributed by atoms with Gasteiger partial charge in [0.05, 0.1) is 0 Å². The Balaban J connectivity index is 2.40. The van der Waals surface area contributed by atoms with Crippen LogP contribution in [0.2, 0.25) is 0 Å². The van der Waals surface area contributed by atoms with Gasteiger partial charge in [-0.2, -0.15) is 9.97 Å². The lowest BCUT2D eigenvalue weighted by Crippen LogP contribution is -2.00. The minimum Gasteiger partial charge on any atom is -0.368 e. The Bertz CT molecular complexity index is 377. The smallest absolute Gasteiger partial charge is 0.223 e. The molecule has 13 heavy (non-hydrogen) atoms. The number of nitrogen functional groups attached to an aromatic ring is 1. The highest BCUT2D eigenvalue weighted by Gasteiger charge is 2.27. The van der Waals surface area contributed by atoms with E-state index in [0.717, 1.165) is 12.8 Å². The molecule has 0 atom stereocenters. The maximum absolute atomic E-state index is 8.17. The number of nitrogens with zero attached hydrogens (tertiary/aromatic N) is 6. The first-order valence-corrected chi connectivity index (χ1v) is 3.86. The normalized spacial score (nSPS) is 15.1. The first-order valence-electron chi connectivity index (χ1n) is 3.86. The van der Waals surface area contributed by atoms with Gasteiger partial charge in [-0.3, -0.25) is 0 Å². The monoisotopic (exact) mass is 177 g/mol. The Morgan fingerprint density at radius 1 is 1.38 bits per heavy atom. The Morgan fingerprint density at radius 3 is 2.77 bits per heavy atom. The first kappa shape index (κ1) is 7.75. The standard InChI is InChI=1S/C6H7N7/c7-5-9-4(3-1-2-3)10-6(11-5)12-13-8/h3H,1-2H2,(H2,7,9,10,11). The summed E-state index contributed by atoms with van der Waals surface area (Å²) in [5.74, 6) is 1.17. The molecule has 0 amide bonds. The van der Waals surface area contributed by atoms with E-state index in [9.17, 15) is 0 Å². The molecule has 7 heteroatoms. The summed E-state index contributed by atoms with van der Waals surface area (Å²) in [6.07, 6.45) is 2.14. The van der Waals surface area contributed by atoms with Crippen LogP contribution in [0.4, 0.5) is 11.9 Å². The third-order valence-corrected chi connectivity index (χ3v) is 1.73. The zero-order chi connectivity index (χ0) is 9.26. The van der Waals surface area contributed by atoms with E-state index in [-0.39, 0.29) is 11.9 Å². The average molecular weight is 177 g/mol. The minimum absolute atomic E-state index is 0.0527. The highest BCUT2D eigenvalue weighted by Crippen LogP contribution is 2.38. The van der Waals surface area contributed by atoms with Gasteiger partial charge in [0.15, 0.2) is 0 Å². The Kier molecular flexibility index (Phi) is 1.71. The van der Waals surface area contributed by atoms with Crippen molar-refractivity contribution in [3.63, 3.8) is 0 Å². The van der Waals surface area contributed by atoms with Gasteiger partial charge in [-0.05, 0) is 23.5 Å². The minimum atomic E-state index is 0.0527. The summed E-state index contributed by atoms with van der Waals surface area (Å²) in [5, 5.41) is 3.28. The van der Waals surface area contributed by atoms with Crippen molar-refractivity contribution >= 4 is 11.9 Å². The fourth-order valence-corrected chi connectivity index (χ4v) is 1.01. The molecule has 0 unspecified atom stereocenters. The summed E-state index contributed by atoms with van der Waals surface area (Å²) in [6.45, 7) is 0. The summed E-state index contributed by atoms with van der Waals surface area (Å²) in [7, 11) is 0. The van der Waals surface area contributed by atoms with Crippen LogP contribution in [-0.4, -0.2) is 15.0 Å². The molecule has 1 saturated carbocycles. The Hall–Kier alpha value is -1.88. The lowest BCUT2D eigenvalue weighted by atomic mass is 10.4. The average Bonchev–Trinajstić information content (AvgIpc) is 2.85. The van der Waals surface area contributed by atoms with E-state index in [2.05, 4.69) is 25.0 Å². The maximum atomic E-state index is 8.17. The summed E-state index contributed by atoms with van der Waals surface area (Å²) in [6, 6.07) is 0. The molecule has 1 aliphatic rings. The third kappa shape index (κ3) is 1.65. The highest BCUT2D eigenvalue weighted by atomic mass is 15.3. The second kappa shape index (κ2) is 2.87. The fraction of sp³-hybridized carbons (Fsp3) is 0.500. The van der Waals surface area contributed by atoms with Crippen LogP contribution in [0.1, 0.15) is 24.6 Å². The summed E-state index contributed by atoms with van der Waals surface area (Å²) >= 11 is 0. The molecular formula is C6H7N7. The maximum Gasteiger partial charge on any atom is 0.223 e. The molecular weight excluding hydrogens is 170 g/mol. The van der Waals surface area contributed by atoms with Gasteiger partial charge in [0.2, 0.25) is 11.9 Å². The second-order valence-corrected chi connectivity index (χ2v) is 2.82. The molecule has 1 fully saturated rings. The predicted octanol–water partition coefficient (Wildman–Crippen LogP) is 1.27. The van der Waals surface area contributed by atoms with E-state index in [0.29, 0.717) is 11.7 Å². The van der Waals surface area contributed by atoms with Gasteiger partial charge in [-0.15, -0.1) is 0 Å². The number of hydrogen-bond acceptors (Lipinski definition) is 5. The zero-order valence-corrected chi connectivity index (χ0v) is 6.75. The zero-order valence-electron chi connectivity index (χ0n) is 6.75. The van der Waals surface area contributed by atoms with Gasteiger partial charge >= 0.3 is 0 Å². The van der Waals surface area contributed by atoms with Crippen LogP contribution >= 0.6 is 0 Å². The molecule has 7 nitrogen and oxygen atoms in total. The topological polar surface area (TPSA) is 113 Å². The van der Waals surface area contributed by atoms with Crippen LogP contribution in [0.5, 0.6) is 0 Å². The molecule has 1 heterocycles. The molecule has 0 saturated heterocycles. The molecule has 66 valence electrons. The summed E-state index contributed by atoms with van der Waals surface area (Å²) in [5.41, 5.74) is 13.6. The van der Waals surface area contributed by atoms with Crippen molar-refractivity contribution in [2.45, 2.75) is 18.8 Å².